The number of aromatic amines is 1. The van der Waals surface area contributed by atoms with Crippen molar-refractivity contribution in [3.8, 4) is 11.3 Å². The molecule has 1 atom stereocenters. The van der Waals surface area contributed by atoms with Crippen LogP contribution in [0.3, 0.4) is 0 Å². The molecule has 25 heavy (non-hydrogen) atoms. The molecule has 2 heterocycles. The van der Waals surface area contributed by atoms with Crippen LogP contribution in [-0.2, 0) is 16.1 Å². The molecule has 0 radical (unpaired) electrons. The highest BCUT2D eigenvalue weighted by molar-refractivity contribution is 5.88. The molecule has 3 N–H and O–H groups in total. The van der Waals surface area contributed by atoms with Crippen LogP contribution in [0.1, 0.15) is 12.0 Å². The van der Waals surface area contributed by atoms with E-state index < -0.39 is 6.04 Å². The Morgan fingerprint density at radius 1 is 1.40 bits per heavy atom. The standard InChI is InChI=1S/C17H20FN5O2/c1-19-15(24)8-14-17(25)20-6-7-23(14)10-12-9-21-22-16(12)11-2-4-13(18)5-3-11/h2-5,9,14H,6-8,10H2,1H3,(H,19,24)(H,20,25)(H,21,22)/t14-/m1/s1. The highest BCUT2D eigenvalue weighted by atomic mass is 19.1. The van der Waals surface area contributed by atoms with Crippen LogP contribution in [-0.4, -0.2) is 53.1 Å². The molecule has 1 fully saturated rings. The third-order valence-electron chi connectivity index (χ3n) is 4.32. The number of amides is 2. The Morgan fingerprint density at radius 2 is 2.16 bits per heavy atom. The summed E-state index contributed by atoms with van der Waals surface area (Å²) < 4.78 is 13.1. The van der Waals surface area contributed by atoms with E-state index in [1.807, 2.05) is 4.90 Å². The van der Waals surface area contributed by atoms with Crippen molar-refractivity contribution < 1.29 is 14.0 Å². The van der Waals surface area contributed by atoms with Crippen molar-refractivity contribution in [3.63, 3.8) is 0 Å². The fourth-order valence-electron chi connectivity index (χ4n) is 2.97. The van der Waals surface area contributed by atoms with Crippen LogP contribution in [0.4, 0.5) is 4.39 Å². The highest BCUT2D eigenvalue weighted by Crippen LogP contribution is 2.24. The molecule has 8 heteroatoms. The second-order valence-electron chi connectivity index (χ2n) is 5.93. The molecule has 0 bridgehead atoms. The first-order valence-electron chi connectivity index (χ1n) is 8.09. The predicted molar refractivity (Wildman–Crippen MR) is 89.9 cm³/mol. The number of rotatable bonds is 5. The zero-order chi connectivity index (χ0) is 17.8. The molecule has 1 saturated heterocycles. The molecule has 0 unspecified atom stereocenters. The van der Waals surface area contributed by atoms with E-state index in [9.17, 15) is 14.0 Å². The Bertz CT molecular complexity index is 759. The Hall–Kier alpha value is -2.74. The maximum Gasteiger partial charge on any atom is 0.237 e. The van der Waals surface area contributed by atoms with Gasteiger partial charge in [0.15, 0.2) is 0 Å². The lowest BCUT2D eigenvalue weighted by atomic mass is 10.0. The summed E-state index contributed by atoms with van der Waals surface area (Å²) in [6.07, 6.45) is 1.80. The van der Waals surface area contributed by atoms with Crippen molar-refractivity contribution in [1.29, 1.82) is 0 Å². The minimum absolute atomic E-state index is 0.103. The van der Waals surface area contributed by atoms with Gasteiger partial charge in [-0.05, 0) is 24.3 Å². The van der Waals surface area contributed by atoms with Gasteiger partial charge in [-0.25, -0.2) is 4.39 Å². The molecule has 1 aliphatic rings. The van der Waals surface area contributed by atoms with Crippen LogP contribution in [0, 0.1) is 5.82 Å². The average Bonchev–Trinajstić information content (AvgIpc) is 3.06. The summed E-state index contributed by atoms with van der Waals surface area (Å²) in [5.74, 6) is -0.636. The van der Waals surface area contributed by atoms with Crippen molar-refractivity contribution in [3.05, 3.63) is 41.8 Å². The van der Waals surface area contributed by atoms with Gasteiger partial charge in [-0.1, -0.05) is 0 Å². The SMILES string of the molecule is CNC(=O)C[C@@H]1C(=O)NCCN1Cc1cn[nH]c1-c1ccc(F)cc1. The van der Waals surface area contributed by atoms with Crippen molar-refractivity contribution in [2.75, 3.05) is 20.1 Å². The highest BCUT2D eigenvalue weighted by Gasteiger charge is 2.32. The first kappa shape index (κ1) is 17.1. The first-order chi connectivity index (χ1) is 12.1. The topological polar surface area (TPSA) is 90.1 Å². The Morgan fingerprint density at radius 3 is 2.88 bits per heavy atom. The maximum absolute atomic E-state index is 13.1. The normalized spacial score (nSPS) is 18.0. The zero-order valence-corrected chi connectivity index (χ0v) is 13.9. The number of nitrogens with one attached hydrogen (secondary N) is 3. The van der Waals surface area contributed by atoms with E-state index in [1.54, 1.807) is 25.4 Å². The van der Waals surface area contributed by atoms with Gasteiger partial charge in [0, 0.05) is 37.8 Å². The van der Waals surface area contributed by atoms with Crippen LogP contribution < -0.4 is 10.6 Å². The summed E-state index contributed by atoms with van der Waals surface area (Å²) in [6, 6.07) is 5.62. The minimum Gasteiger partial charge on any atom is -0.359 e. The lowest BCUT2D eigenvalue weighted by molar-refractivity contribution is -0.134. The zero-order valence-electron chi connectivity index (χ0n) is 13.9. The number of nitrogens with zero attached hydrogens (tertiary/aromatic N) is 2. The molecule has 2 aromatic rings. The Labute approximate surface area is 144 Å². The van der Waals surface area contributed by atoms with Gasteiger partial charge in [-0.3, -0.25) is 19.6 Å². The summed E-state index contributed by atoms with van der Waals surface area (Å²) in [6.45, 7) is 1.65. The number of piperazine rings is 1. The van der Waals surface area contributed by atoms with E-state index in [2.05, 4.69) is 20.8 Å². The van der Waals surface area contributed by atoms with Gasteiger partial charge in [-0.2, -0.15) is 5.10 Å². The van der Waals surface area contributed by atoms with Crippen molar-refractivity contribution in [1.82, 2.24) is 25.7 Å². The second kappa shape index (κ2) is 7.43. The molecule has 3 rings (SSSR count). The van der Waals surface area contributed by atoms with Crippen LogP contribution in [0.5, 0.6) is 0 Å². The van der Waals surface area contributed by atoms with E-state index in [4.69, 9.17) is 0 Å². The summed E-state index contributed by atoms with van der Waals surface area (Å²) in [7, 11) is 1.55. The molecule has 1 aromatic carbocycles. The number of benzene rings is 1. The van der Waals surface area contributed by atoms with Gasteiger partial charge in [0.25, 0.3) is 0 Å². The van der Waals surface area contributed by atoms with E-state index in [1.165, 1.54) is 12.1 Å². The number of carbonyl (C=O) groups is 2. The fourth-order valence-corrected chi connectivity index (χ4v) is 2.97. The lowest BCUT2D eigenvalue weighted by Crippen LogP contribution is -2.56. The van der Waals surface area contributed by atoms with Crippen LogP contribution >= 0.6 is 0 Å². The third-order valence-corrected chi connectivity index (χ3v) is 4.32. The van der Waals surface area contributed by atoms with Gasteiger partial charge < -0.3 is 10.6 Å². The third kappa shape index (κ3) is 3.85. The van der Waals surface area contributed by atoms with Gasteiger partial charge in [0.05, 0.1) is 24.4 Å². The molecule has 0 spiro atoms. The molecular weight excluding hydrogens is 325 g/mol. The van der Waals surface area contributed by atoms with Crippen LogP contribution in [0.15, 0.2) is 30.5 Å². The van der Waals surface area contributed by atoms with Gasteiger partial charge in [0.2, 0.25) is 11.8 Å². The molecular formula is C17H20FN5O2. The molecule has 2 amide bonds. The minimum atomic E-state index is -0.523. The van der Waals surface area contributed by atoms with Gasteiger partial charge >= 0.3 is 0 Å². The van der Waals surface area contributed by atoms with Crippen molar-refractivity contribution in [2.24, 2.45) is 0 Å². The molecule has 1 aromatic heterocycles. The number of hydrogen-bond acceptors (Lipinski definition) is 4. The average molecular weight is 345 g/mol. The quantitative estimate of drug-likeness (QED) is 0.742. The van der Waals surface area contributed by atoms with Crippen LogP contribution in [0.2, 0.25) is 0 Å². The molecule has 1 aliphatic heterocycles. The van der Waals surface area contributed by atoms with Gasteiger partial charge in [0.1, 0.15) is 5.82 Å². The van der Waals surface area contributed by atoms with E-state index in [0.717, 1.165) is 16.8 Å². The Kier molecular flexibility index (Phi) is 5.08. The smallest absolute Gasteiger partial charge is 0.237 e. The van der Waals surface area contributed by atoms with Crippen molar-refractivity contribution in [2.45, 2.75) is 19.0 Å². The number of aromatic nitrogens is 2. The monoisotopic (exact) mass is 345 g/mol. The Balaban J connectivity index is 1.81. The van der Waals surface area contributed by atoms with Gasteiger partial charge in [-0.15, -0.1) is 0 Å². The second-order valence-corrected chi connectivity index (χ2v) is 5.93. The number of hydrogen-bond donors (Lipinski definition) is 3. The van der Waals surface area contributed by atoms with E-state index >= 15 is 0 Å². The number of carbonyl (C=O) groups excluding carboxylic acids is 2. The van der Waals surface area contributed by atoms with Crippen LogP contribution in [0.25, 0.3) is 11.3 Å². The van der Waals surface area contributed by atoms with E-state index in [-0.39, 0.29) is 24.1 Å². The summed E-state index contributed by atoms with van der Waals surface area (Å²) in [5.41, 5.74) is 2.49. The van der Waals surface area contributed by atoms with Crippen molar-refractivity contribution >= 4 is 11.8 Å². The maximum atomic E-state index is 13.1. The van der Waals surface area contributed by atoms with E-state index in [0.29, 0.717) is 19.6 Å². The fraction of sp³-hybridized carbons (Fsp3) is 0.353. The first-order valence-corrected chi connectivity index (χ1v) is 8.09. The molecule has 0 saturated carbocycles. The summed E-state index contributed by atoms with van der Waals surface area (Å²) in [5, 5.41) is 12.4. The predicted octanol–water partition coefficient (Wildman–Crippen LogP) is 0.652. The largest absolute Gasteiger partial charge is 0.359 e. The molecule has 0 aliphatic carbocycles. The molecule has 7 nitrogen and oxygen atoms in total. The summed E-state index contributed by atoms with van der Waals surface area (Å²) in [4.78, 5) is 25.9. The number of H-pyrrole nitrogens is 1. The molecule has 132 valence electrons. The number of halogens is 1. The summed E-state index contributed by atoms with van der Waals surface area (Å²) >= 11 is 0. The lowest BCUT2D eigenvalue weighted by Gasteiger charge is -2.34.